The van der Waals surface area contributed by atoms with Gasteiger partial charge in [0.1, 0.15) is 25.7 Å². The van der Waals surface area contributed by atoms with Gasteiger partial charge in [-0.3, -0.25) is 4.79 Å². The summed E-state index contributed by atoms with van der Waals surface area (Å²) < 4.78 is 5.45. The topological polar surface area (TPSA) is 42.8 Å². The van der Waals surface area contributed by atoms with Gasteiger partial charge in [-0.15, -0.1) is 0 Å². The molecule has 1 aliphatic heterocycles. The highest BCUT2D eigenvalue weighted by Crippen LogP contribution is 2.17. The van der Waals surface area contributed by atoms with Gasteiger partial charge in [-0.1, -0.05) is 59.6 Å². The quantitative estimate of drug-likeness (QED) is 0.750. The van der Waals surface area contributed by atoms with Gasteiger partial charge < -0.3 is 15.0 Å². The van der Waals surface area contributed by atoms with Crippen molar-refractivity contribution >= 4 is 23.6 Å². The van der Waals surface area contributed by atoms with Crippen LogP contribution in [-0.4, -0.2) is 38.8 Å². The lowest BCUT2D eigenvalue weighted by Gasteiger charge is -2.28. The summed E-state index contributed by atoms with van der Waals surface area (Å²) in [4.78, 5) is 14.0. The average molecular weight is 386 g/mol. The predicted molar refractivity (Wildman–Crippen MR) is 109 cm³/mol. The van der Waals surface area contributed by atoms with E-state index in [4.69, 9.17) is 16.3 Å². The van der Waals surface area contributed by atoms with Crippen LogP contribution in [0, 0.1) is 6.92 Å². The summed E-state index contributed by atoms with van der Waals surface area (Å²) in [5.41, 5.74) is 3.17. The highest BCUT2D eigenvalue weighted by molar-refractivity contribution is 6.32. The van der Waals surface area contributed by atoms with Gasteiger partial charge in [0.15, 0.2) is 0 Å². The molecule has 0 saturated carbocycles. The van der Waals surface area contributed by atoms with E-state index >= 15 is 0 Å². The lowest BCUT2D eigenvalue weighted by molar-refractivity contribution is -0.909. The Balaban J connectivity index is 1.70. The minimum absolute atomic E-state index is 0.0397. The number of quaternary nitrogens is 1. The highest BCUT2D eigenvalue weighted by Gasteiger charge is 2.22. The van der Waals surface area contributed by atoms with Crippen LogP contribution >= 0.6 is 11.6 Å². The second kappa shape index (κ2) is 9.70. The monoisotopic (exact) mass is 385 g/mol. The number of ether oxygens (including phenoxy) is 1. The Kier molecular flexibility index (Phi) is 7.04. The van der Waals surface area contributed by atoms with E-state index in [9.17, 15) is 4.79 Å². The first kappa shape index (κ1) is 19.6. The number of nitrogens with one attached hydrogen (secondary N) is 2. The van der Waals surface area contributed by atoms with E-state index in [1.807, 2.05) is 24.3 Å². The molecule has 142 valence electrons. The lowest BCUT2D eigenvalue weighted by atomic mass is 10.0. The minimum atomic E-state index is -0.117. The van der Waals surface area contributed by atoms with E-state index in [0.29, 0.717) is 5.02 Å². The van der Waals surface area contributed by atoms with Crippen LogP contribution in [0.2, 0.25) is 5.02 Å². The molecule has 4 nitrogen and oxygen atoms in total. The van der Waals surface area contributed by atoms with Gasteiger partial charge in [-0.25, -0.2) is 0 Å². The Labute approximate surface area is 165 Å². The normalized spacial score (nSPS) is 16.4. The van der Waals surface area contributed by atoms with E-state index in [-0.39, 0.29) is 11.9 Å². The van der Waals surface area contributed by atoms with Crippen molar-refractivity contribution in [3.63, 3.8) is 0 Å². The molecule has 0 radical (unpaired) electrons. The molecule has 2 aromatic rings. The van der Waals surface area contributed by atoms with Crippen LogP contribution in [0.25, 0.3) is 6.08 Å². The van der Waals surface area contributed by atoms with Crippen molar-refractivity contribution in [2.45, 2.75) is 13.0 Å². The molecule has 0 bridgehead atoms. The van der Waals surface area contributed by atoms with E-state index in [2.05, 4.69) is 36.5 Å². The third-order valence-corrected chi connectivity index (χ3v) is 5.15. The average Bonchev–Trinajstić information content (AvgIpc) is 2.68. The van der Waals surface area contributed by atoms with Crippen LogP contribution in [0.5, 0.6) is 0 Å². The maximum Gasteiger partial charge on any atom is 0.244 e. The Hall–Kier alpha value is -2.14. The van der Waals surface area contributed by atoms with Gasteiger partial charge in [0, 0.05) is 11.1 Å². The number of carbonyl (C=O) groups is 1. The zero-order valence-electron chi connectivity index (χ0n) is 15.6. The third kappa shape index (κ3) is 5.93. The van der Waals surface area contributed by atoms with Crippen LogP contribution in [0.15, 0.2) is 54.6 Å². The largest absolute Gasteiger partial charge is 0.370 e. The molecule has 27 heavy (non-hydrogen) atoms. The van der Waals surface area contributed by atoms with E-state index in [1.54, 1.807) is 12.2 Å². The number of morpholine rings is 1. The first-order chi connectivity index (χ1) is 13.1. The molecule has 2 aromatic carbocycles. The molecule has 5 heteroatoms. The number of rotatable bonds is 6. The summed E-state index contributed by atoms with van der Waals surface area (Å²) in [6, 6.07) is 15.8. The van der Waals surface area contributed by atoms with Crippen LogP contribution in [-0.2, 0) is 9.53 Å². The van der Waals surface area contributed by atoms with Crippen molar-refractivity contribution in [2.24, 2.45) is 0 Å². The van der Waals surface area contributed by atoms with Crippen molar-refractivity contribution in [2.75, 3.05) is 32.8 Å². The molecule has 0 spiro atoms. The van der Waals surface area contributed by atoms with Crippen LogP contribution < -0.4 is 10.2 Å². The molecular weight excluding hydrogens is 360 g/mol. The van der Waals surface area contributed by atoms with E-state index in [1.165, 1.54) is 10.5 Å². The van der Waals surface area contributed by atoms with Gasteiger partial charge in [-0.05, 0) is 30.2 Å². The number of aryl methyl sites for hydroxylation is 1. The molecule has 1 saturated heterocycles. The highest BCUT2D eigenvalue weighted by atomic mass is 35.5. The fourth-order valence-electron chi connectivity index (χ4n) is 3.20. The van der Waals surface area contributed by atoms with Crippen LogP contribution in [0.1, 0.15) is 22.7 Å². The Morgan fingerprint density at radius 1 is 1.19 bits per heavy atom. The zero-order valence-corrected chi connectivity index (χ0v) is 16.3. The smallest absolute Gasteiger partial charge is 0.244 e. The summed E-state index contributed by atoms with van der Waals surface area (Å²) in [5.74, 6) is -0.117. The number of hydrogen-bond acceptors (Lipinski definition) is 2. The summed E-state index contributed by atoms with van der Waals surface area (Å²) in [6.45, 7) is 6.39. The molecule has 1 aliphatic rings. The number of hydrogen-bond donors (Lipinski definition) is 2. The maximum atomic E-state index is 12.5. The number of amides is 1. The Morgan fingerprint density at radius 3 is 2.59 bits per heavy atom. The molecule has 0 aliphatic carbocycles. The van der Waals surface area contributed by atoms with Gasteiger partial charge in [0.2, 0.25) is 5.91 Å². The van der Waals surface area contributed by atoms with Gasteiger partial charge in [0.25, 0.3) is 0 Å². The van der Waals surface area contributed by atoms with Gasteiger partial charge in [0.05, 0.1) is 13.2 Å². The zero-order chi connectivity index (χ0) is 19.1. The van der Waals surface area contributed by atoms with Gasteiger partial charge >= 0.3 is 0 Å². The van der Waals surface area contributed by atoms with Crippen molar-refractivity contribution in [1.82, 2.24) is 5.32 Å². The standard InChI is InChI=1S/C22H25ClN2O2/c1-17-6-8-19(9-7-17)21(16-25-12-14-27-15-13-25)24-22(26)11-10-18-4-2-3-5-20(18)23/h2-11,21H,12-16H2,1H3,(H,24,26)/p+1/b11-10+/t21-/m0/s1. The Morgan fingerprint density at radius 2 is 1.89 bits per heavy atom. The molecule has 0 aromatic heterocycles. The fraction of sp³-hybridized carbons (Fsp3) is 0.318. The third-order valence-electron chi connectivity index (χ3n) is 4.81. The molecule has 3 rings (SSSR count). The van der Waals surface area contributed by atoms with E-state index in [0.717, 1.165) is 44.0 Å². The fourth-order valence-corrected chi connectivity index (χ4v) is 3.40. The van der Waals surface area contributed by atoms with Crippen molar-refractivity contribution in [3.05, 3.63) is 76.3 Å². The first-order valence-corrected chi connectivity index (χ1v) is 9.70. The van der Waals surface area contributed by atoms with Crippen molar-refractivity contribution < 1.29 is 14.4 Å². The van der Waals surface area contributed by atoms with E-state index < -0.39 is 0 Å². The molecule has 1 amide bonds. The molecule has 2 N–H and O–H groups in total. The van der Waals surface area contributed by atoms with Crippen molar-refractivity contribution in [1.29, 1.82) is 0 Å². The summed E-state index contributed by atoms with van der Waals surface area (Å²) in [7, 11) is 0. The van der Waals surface area contributed by atoms with Crippen LogP contribution in [0.3, 0.4) is 0 Å². The molecular formula is C22H26ClN2O2+. The number of carbonyl (C=O) groups excluding carboxylic acids is 1. The molecule has 1 atom stereocenters. The first-order valence-electron chi connectivity index (χ1n) is 9.33. The summed E-state index contributed by atoms with van der Waals surface area (Å²) >= 11 is 6.15. The summed E-state index contributed by atoms with van der Waals surface area (Å²) in [5, 5.41) is 3.79. The Bertz CT molecular complexity index is 783. The molecule has 1 heterocycles. The van der Waals surface area contributed by atoms with Crippen LogP contribution in [0.4, 0.5) is 0 Å². The second-order valence-corrected chi connectivity index (χ2v) is 7.30. The summed E-state index contributed by atoms with van der Waals surface area (Å²) in [6.07, 6.45) is 3.31. The molecule has 1 fully saturated rings. The lowest BCUT2D eigenvalue weighted by Crippen LogP contribution is -3.14. The molecule has 0 unspecified atom stereocenters. The van der Waals surface area contributed by atoms with Crippen molar-refractivity contribution in [3.8, 4) is 0 Å². The predicted octanol–water partition coefficient (Wildman–Crippen LogP) is 2.43. The SMILES string of the molecule is Cc1ccc([C@H](C[NH+]2CCOCC2)NC(=O)/C=C/c2ccccc2Cl)cc1. The maximum absolute atomic E-state index is 12.5. The minimum Gasteiger partial charge on any atom is -0.370 e. The van der Waals surface area contributed by atoms with Gasteiger partial charge in [-0.2, -0.15) is 0 Å². The second-order valence-electron chi connectivity index (χ2n) is 6.89. The number of halogens is 1. The number of benzene rings is 2.